The van der Waals surface area contributed by atoms with Gasteiger partial charge in [0.2, 0.25) is 11.8 Å². The van der Waals surface area contributed by atoms with E-state index in [1.807, 2.05) is 0 Å². The molecule has 2 aliphatic rings. The maximum Gasteiger partial charge on any atom is 0.233 e. The van der Waals surface area contributed by atoms with E-state index in [1.165, 1.54) is 0 Å². The second-order valence-corrected chi connectivity index (χ2v) is 4.00. The van der Waals surface area contributed by atoms with Gasteiger partial charge in [-0.3, -0.25) is 14.9 Å². The Labute approximate surface area is 71.5 Å². The Morgan fingerprint density at radius 3 is 2.67 bits per heavy atom. The molecule has 2 rings (SSSR count). The summed E-state index contributed by atoms with van der Waals surface area (Å²) in [6.45, 7) is 2.07. The molecular weight excluding hydrogens is 154 g/mol. The second-order valence-electron chi connectivity index (χ2n) is 4.00. The molecule has 1 saturated heterocycles. The molecule has 66 valence electrons. The van der Waals surface area contributed by atoms with Crippen LogP contribution in [0.5, 0.6) is 0 Å². The first-order valence-corrected chi connectivity index (χ1v) is 4.49. The lowest BCUT2D eigenvalue weighted by molar-refractivity contribution is -0.129. The van der Waals surface area contributed by atoms with Crippen LogP contribution < -0.4 is 5.32 Å². The summed E-state index contributed by atoms with van der Waals surface area (Å²) >= 11 is 0. The number of nitrogens with one attached hydrogen (secondary N) is 1. The maximum absolute atomic E-state index is 11.5. The number of carbonyl (C=O) groups excluding carboxylic acids is 2. The van der Waals surface area contributed by atoms with E-state index in [2.05, 4.69) is 12.2 Å². The van der Waals surface area contributed by atoms with Gasteiger partial charge >= 0.3 is 0 Å². The zero-order chi connectivity index (χ0) is 8.77. The molecule has 12 heavy (non-hydrogen) atoms. The Morgan fingerprint density at radius 2 is 2.25 bits per heavy atom. The van der Waals surface area contributed by atoms with Crippen molar-refractivity contribution in [3.8, 4) is 0 Å². The van der Waals surface area contributed by atoms with Crippen LogP contribution in [0.1, 0.15) is 32.6 Å². The molecule has 3 nitrogen and oxygen atoms in total. The van der Waals surface area contributed by atoms with Crippen molar-refractivity contribution < 1.29 is 9.59 Å². The van der Waals surface area contributed by atoms with Gasteiger partial charge in [-0.25, -0.2) is 0 Å². The summed E-state index contributed by atoms with van der Waals surface area (Å²) in [6.07, 6.45) is 3.49. The Bertz CT molecular complexity index is 249. The summed E-state index contributed by atoms with van der Waals surface area (Å²) in [5.74, 6) is 0.259. The molecule has 1 spiro atoms. The van der Waals surface area contributed by atoms with Crippen molar-refractivity contribution in [1.29, 1.82) is 0 Å². The summed E-state index contributed by atoms with van der Waals surface area (Å²) in [7, 11) is 0. The molecule has 0 aromatic heterocycles. The van der Waals surface area contributed by atoms with Crippen LogP contribution >= 0.6 is 0 Å². The van der Waals surface area contributed by atoms with Crippen LogP contribution in [0.4, 0.5) is 0 Å². The van der Waals surface area contributed by atoms with E-state index in [9.17, 15) is 9.59 Å². The van der Waals surface area contributed by atoms with Crippen molar-refractivity contribution in [3.63, 3.8) is 0 Å². The van der Waals surface area contributed by atoms with Crippen molar-refractivity contribution >= 4 is 11.8 Å². The summed E-state index contributed by atoms with van der Waals surface area (Å²) in [4.78, 5) is 22.5. The van der Waals surface area contributed by atoms with Gasteiger partial charge in [0.05, 0.1) is 5.41 Å². The fraction of sp³-hybridized carbons (Fsp3) is 0.778. The summed E-state index contributed by atoms with van der Waals surface area (Å²) in [5, 5.41) is 2.40. The van der Waals surface area contributed by atoms with Crippen molar-refractivity contribution in [3.05, 3.63) is 0 Å². The zero-order valence-electron chi connectivity index (χ0n) is 7.22. The molecule has 2 fully saturated rings. The van der Waals surface area contributed by atoms with Gasteiger partial charge in [-0.05, 0) is 18.8 Å². The fourth-order valence-corrected chi connectivity index (χ4v) is 2.51. The highest BCUT2D eigenvalue weighted by atomic mass is 16.2. The second kappa shape index (κ2) is 2.31. The van der Waals surface area contributed by atoms with Crippen LogP contribution in [0, 0.1) is 11.3 Å². The number of hydrogen-bond acceptors (Lipinski definition) is 2. The van der Waals surface area contributed by atoms with Crippen molar-refractivity contribution in [2.24, 2.45) is 11.3 Å². The minimum Gasteiger partial charge on any atom is -0.296 e. The van der Waals surface area contributed by atoms with Crippen LogP contribution in [0.25, 0.3) is 0 Å². The van der Waals surface area contributed by atoms with Crippen LogP contribution in [0.15, 0.2) is 0 Å². The molecule has 1 N–H and O–H groups in total. The summed E-state index contributed by atoms with van der Waals surface area (Å²) in [5.41, 5.74) is -0.322. The Hall–Kier alpha value is -0.860. The fourth-order valence-electron chi connectivity index (χ4n) is 2.51. The monoisotopic (exact) mass is 167 g/mol. The van der Waals surface area contributed by atoms with Gasteiger partial charge in [0.1, 0.15) is 0 Å². The number of imide groups is 1. The van der Waals surface area contributed by atoms with Gasteiger partial charge < -0.3 is 0 Å². The number of hydrogen-bond donors (Lipinski definition) is 1. The van der Waals surface area contributed by atoms with E-state index in [0.717, 1.165) is 19.3 Å². The molecule has 2 unspecified atom stereocenters. The SMILES string of the molecule is CC1CCCC12CC(=O)NC2=O. The number of carbonyl (C=O) groups is 2. The first kappa shape index (κ1) is 7.77. The van der Waals surface area contributed by atoms with Gasteiger partial charge in [-0.2, -0.15) is 0 Å². The lowest BCUT2D eigenvalue weighted by atomic mass is 9.77. The van der Waals surface area contributed by atoms with Gasteiger partial charge in [0.25, 0.3) is 0 Å². The van der Waals surface area contributed by atoms with Crippen molar-refractivity contribution in [2.45, 2.75) is 32.6 Å². The standard InChI is InChI=1S/C9H13NO2/c1-6-3-2-4-9(6)5-7(11)10-8(9)12/h6H,2-5H2,1H3,(H,10,11,12). The van der Waals surface area contributed by atoms with Gasteiger partial charge in [-0.1, -0.05) is 13.3 Å². The van der Waals surface area contributed by atoms with Gasteiger partial charge in [-0.15, -0.1) is 0 Å². The summed E-state index contributed by atoms with van der Waals surface area (Å²) < 4.78 is 0. The van der Waals surface area contributed by atoms with Crippen molar-refractivity contribution in [1.82, 2.24) is 5.32 Å². The minimum atomic E-state index is -0.322. The average molecular weight is 167 g/mol. The predicted molar refractivity (Wildman–Crippen MR) is 43.2 cm³/mol. The zero-order valence-corrected chi connectivity index (χ0v) is 7.22. The number of amides is 2. The molecule has 3 heteroatoms. The third-order valence-corrected chi connectivity index (χ3v) is 3.38. The summed E-state index contributed by atoms with van der Waals surface area (Å²) in [6, 6.07) is 0. The highest BCUT2D eigenvalue weighted by molar-refractivity contribution is 6.06. The van der Waals surface area contributed by atoms with Gasteiger partial charge in [0.15, 0.2) is 0 Å². The highest BCUT2D eigenvalue weighted by Crippen LogP contribution is 2.48. The van der Waals surface area contributed by atoms with Crippen molar-refractivity contribution in [2.75, 3.05) is 0 Å². The third kappa shape index (κ3) is 0.822. The Balaban J connectivity index is 2.31. The Morgan fingerprint density at radius 1 is 1.50 bits per heavy atom. The van der Waals surface area contributed by atoms with E-state index in [4.69, 9.17) is 0 Å². The van der Waals surface area contributed by atoms with E-state index < -0.39 is 0 Å². The molecule has 1 aliphatic carbocycles. The molecule has 2 atom stereocenters. The third-order valence-electron chi connectivity index (χ3n) is 3.38. The minimum absolute atomic E-state index is 0.0301. The van der Waals surface area contributed by atoms with Crippen LogP contribution in [0.3, 0.4) is 0 Å². The van der Waals surface area contributed by atoms with E-state index in [0.29, 0.717) is 12.3 Å². The largest absolute Gasteiger partial charge is 0.296 e. The van der Waals surface area contributed by atoms with E-state index in [1.54, 1.807) is 0 Å². The maximum atomic E-state index is 11.5. The molecule has 1 heterocycles. The smallest absolute Gasteiger partial charge is 0.233 e. The molecule has 0 aromatic carbocycles. The predicted octanol–water partition coefficient (Wildman–Crippen LogP) is 0.839. The highest BCUT2D eigenvalue weighted by Gasteiger charge is 2.52. The van der Waals surface area contributed by atoms with Crippen LogP contribution in [0.2, 0.25) is 0 Å². The molecular formula is C9H13NO2. The van der Waals surface area contributed by atoms with Gasteiger partial charge in [0, 0.05) is 6.42 Å². The average Bonchev–Trinajstić information content (AvgIpc) is 2.44. The number of rotatable bonds is 0. The van der Waals surface area contributed by atoms with Crippen LogP contribution in [-0.2, 0) is 9.59 Å². The normalized spacial score (nSPS) is 40.9. The molecule has 1 saturated carbocycles. The quantitative estimate of drug-likeness (QED) is 0.543. The van der Waals surface area contributed by atoms with E-state index in [-0.39, 0.29) is 17.2 Å². The van der Waals surface area contributed by atoms with E-state index >= 15 is 0 Å². The topological polar surface area (TPSA) is 46.2 Å². The van der Waals surface area contributed by atoms with Crippen LogP contribution in [-0.4, -0.2) is 11.8 Å². The first-order chi connectivity index (χ1) is 5.65. The molecule has 0 aromatic rings. The lowest BCUT2D eigenvalue weighted by Gasteiger charge is -2.23. The molecule has 2 amide bonds. The molecule has 1 aliphatic heterocycles. The first-order valence-electron chi connectivity index (χ1n) is 4.49. The molecule has 0 bridgehead atoms. The Kier molecular flexibility index (Phi) is 1.50. The lowest BCUT2D eigenvalue weighted by Crippen LogP contribution is -2.33. The molecule has 0 radical (unpaired) electrons.